The maximum atomic E-state index is 12.7. The van der Waals surface area contributed by atoms with Gasteiger partial charge in [-0.15, -0.1) is 0 Å². The molecule has 168 valence electrons. The Morgan fingerprint density at radius 3 is 2.56 bits per heavy atom. The smallest absolute Gasteiger partial charge is 0.333 e. The van der Waals surface area contributed by atoms with Crippen LogP contribution < -0.4 is 5.69 Å². The van der Waals surface area contributed by atoms with E-state index in [4.69, 9.17) is 9.72 Å². The summed E-state index contributed by atoms with van der Waals surface area (Å²) in [5.74, 6) is -0.0479. The minimum atomic E-state index is -0.366. The summed E-state index contributed by atoms with van der Waals surface area (Å²) in [6, 6.07) is 14.3. The fourth-order valence-electron chi connectivity index (χ4n) is 4.69. The lowest BCUT2D eigenvalue weighted by atomic mass is 10.1. The number of piperidine rings is 1. The molecule has 0 bridgehead atoms. The van der Waals surface area contributed by atoms with E-state index in [0.717, 1.165) is 55.0 Å². The molecule has 1 N–H and O–H groups in total. The molecule has 4 heterocycles. The van der Waals surface area contributed by atoms with E-state index in [1.54, 1.807) is 0 Å². The van der Waals surface area contributed by atoms with E-state index in [-0.39, 0.29) is 17.8 Å². The van der Waals surface area contributed by atoms with Crippen molar-refractivity contribution in [3.8, 4) is 17.1 Å². The topological polar surface area (TPSA) is 72.5 Å². The summed E-state index contributed by atoms with van der Waals surface area (Å²) < 4.78 is 8.44. The Morgan fingerprint density at radius 1 is 1.00 bits per heavy atom. The number of pyridine rings is 1. The van der Waals surface area contributed by atoms with E-state index in [0.29, 0.717) is 13.2 Å². The first-order chi connectivity index (χ1) is 15.7. The third-order valence-corrected chi connectivity index (χ3v) is 6.41. The van der Waals surface area contributed by atoms with Crippen molar-refractivity contribution in [2.45, 2.75) is 51.4 Å². The third kappa shape index (κ3) is 4.49. The number of ether oxygens (including phenoxy) is 1. The molecule has 32 heavy (non-hydrogen) atoms. The zero-order valence-electron chi connectivity index (χ0n) is 18.3. The van der Waals surface area contributed by atoms with Gasteiger partial charge in [-0.2, -0.15) is 0 Å². The number of hydrogen-bond acceptors (Lipinski definition) is 5. The summed E-state index contributed by atoms with van der Waals surface area (Å²) in [7, 11) is 0. The SMILES string of the molecule is O=c1n(Cc2ccc(-c3cccc(CN4CCCCC4)n3)cc2)cc(O)n1C1CCCO1. The molecule has 2 aliphatic rings. The Bertz CT molecular complexity index is 1110. The lowest BCUT2D eigenvalue weighted by Gasteiger charge is -2.26. The summed E-state index contributed by atoms with van der Waals surface area (Å²) in [6.45, 7) is 4.24. The molecule has 0 aliphatic carbocycles. The molecule has 2 aromatic heterocycles. The van der Waals surface area contributed by atoms with E-state index in [2.05, 4.69) is 17.0 Å². The van der Waals surface area contributed by atoms with Gasteiger partial charge in [-0.1, -0.05) is 36.8 Å². The fourth-order valence-corrected chi connectivity index (χ4v) is 4.69. The Labute approximate surface area is 187 Å². The van der Waals surface area contributed by atoms with Crippen LogP contribution in [0.3, 0.4) is 0 Å². The molecule has 0 amide bonds. The Balaban J connectivity index is 1.29. The largest absolute Gasteiger partial charge is 0.493 e. The number of rotatable bonds is 6. The fraction of sp³-hybridized carbons (Fsp3) is 0.440. The molecule has 3 aromatic rings. The van der Waals surface area contributed by atoms with Crippen LogP contribution in [0, 0.1) is 0 Å². The van der Waals surface area contributed by atoms with Crippen molar-refractivity contribution in [2.75, 3.05) is 19.7 Å². The van der Waals surface area contributed by atoms with Crippen molar-refractivity contribution in [3.05, 3.63) is 70.4 Å². The van der Waals surface area contributed by atoms with Gasteiger partial charge in [0.25, 0.3) is 0 Å². The highest BCUT2D eigenvalue weighted by atomic mass is 16.5. The predicted octanol–water partition coefficient (Wildman–Crippen LogP) is 3.76. The maximum absolute atomic E-state index is 12.7. The van der Waals surface area contributed by atoms with Crippen LogP contribution in [0.4, 0.5) is 0 Å². The van der Waals surface area contributed by atoms with Crippen molar-refractivity contribution in [2.24, 2.45) is 0 Å². The molecule has 5 rings (SSSR count). The van der Waals surface area contributed by atoms with Crippen LogP contribution in [0.1, 0.15) is 49.6 Å². The molecule has 1 atom stereocenters. The summed E-state index contributed by atoms with van der Waals surface area (Å²) in [5.41, 5.74) is 3.87. The summed E-state index contributed by atoms with van der Waals surface area (Å²) in [4.78, 5) is 20.1. The van der Waals surface area contributed by atoms with Gasteiger partial charge in [0.15, 0.2) is 0 Å². The average molecular weight is 435 g/mol. The number of hydrogen-bond donors (Lipinski definition) is 1. The number of aromatic hydroxyl groups is 1. The monoisotopic (exact) mass is 434 g/mol. The highest BCUT2D eigenvalue weighted by molar-refractivity contribution is 5.59. The number of aromatic nitrogens is 3. The van der Waals surface area contributed by atoms with Crippen LogP contribution in [0.25, 0.3) is 11.3 Å². The van der Waals surface area contributed by atoms with Gasteiger partial charge >= 0.3 is 5.69 Å². The van der Waals surface area contributed by atoms with Crippen LogP contribution >= 0.6 is 0 Å². The molecule has 7 heteroatoms. The molecular weight excluding hydrogens is 404 g/mol. The van der Waals surface area contributed by atoms with Crippen molar-refractivity contribution < 1.29 is 9.84 Å². The maximum Gasteiger partial charge on any atom is 0.333 e. The van der Waals surface area contributed by atoms with E-state index in [9.17, 15) is 9.90 Å². The lowest BCUT2D eigenvalue weighted by Crippen LogP contribution is -2.29. The zero-order valence-corrected chi connectivity index (χ0v) is 18.3. The highest BCUT2D eigenvalue weighted by Gasteiger charge is 2.23. The molecule has 1 unspecified atom stereocenters. The van der Waals surface area contributed by atoms with Crippen LogP contribution in [0.2, 0.25) is 0 Å². The summed E-state index contributed by atoms with van der Waals surface area (Å²) in [6.07, 6.45) is 6.66. The van der Waals surface area contributed by atoms with Crippen molar-refractivity contribution in [1.29, 1.82) is 0 Å². The minimum Gasteiger partial charge on any atom is -0.493 e. The van der Waals surface area contributed by atoms with Gasteiger partial charge in [-0.3, -0.25) is 14.5 Å². The molecule has 2 saturated heterocycles. The van der Waals surface area contributed by atoms with E-state index in [1.165, 1.54) is 34.6 Å². The van der Waals surface area contributed by atoms with Crippen LogP contribution in [0.15, 0.2) is 53.5 Å². The number of likely N-dealkylation sites (tertiary alicyclic amines) is 1. The van der Waals surface area contributed by atoms with Crippen molar-refractivity contribution in [3.63, 3.8) is 0 Å². The molecule has 0 spiro atoms. The van der Waals surface area contributed by atoms with E-state index >= 15 is 0 Å². The Kier molecular flexibility index (Phi) is 6.10. The molecule has 2 fully saturated rings. The predicted molar refractivity (Wildman–Crippen MR) is 122 cm³/mol. The first-order valence-electron chi connectivity index (χ1n) is 11.6. The van der Waals surface area contributed by atoms with E-state index in [1.807, 2.05) is 30.3 Å². The van der Waals surface area contributed by atoms with Gasteiger partial charge in [0.05, 0.1) is 24.1 Å². The number of imidazole rings is 1. The number of benzene rings is 1. The van der Waals surface area contributed by atoms with E-state index < -0.39 is 0 Å². The molecule has 7 nitrogen and oxygen atoms in total. The van der Waals surface area contributed by atoms with Gasteiger partial charge in [0.2, 0.25) is 5.88 Å². The first-order valence-corrected chi connectivity index (χ1v) is 11.6. The Morgan fingerprint density at radius 2 is 1.81 bits per heavy atom. The van der Waals surface area contributed by atoms with Gasteiger partial charge in [0, 0.05) is 18.7 Å². The third-order valence-electron chi connectivity index (χ3n) is 6.41. The average Bonchev–Trinajstić information content (AvgIpc) is 3.43. The molecule has 1 aromatic carbocycles. The first kappa shape index (κ1) is 21.0. The van der Waals surface area contributed by atoms with Gasteiger partial charge < -0.3 is 9.84 Å². The second-order valence-electron chi connectivity index (χ2n) is 8.78. The molecular formula is C25H30N4O3. The van der Waals surface area contributed by atoms with Crippen LogP contribution in [0.5, 0.6) is 5.88 Å². The van der Waals surface area contributed by atoms with Crippen molar-refractivity contribution in [1.82, 2.24) is 19.0 Å². The van der Waals surface area contributed by atoms with Crippen molar-refractivity contribution >= 4 is 0 Å². The number of nitrogens with zero attached hydrogens (tertiary/aromatic N) is 4. The van der Waals surface area contributed by atoms with Gasteiger partial charge in [-0.05, 0) is 56.5 Å². The van der Waals surface area contributed by atoms with Gasteiger partial charge in [0.1, 0.15) is 6.23 Å². The second kappa shape index (κ2) is 9.30. The Hall–Kier alpha value is -2.90. The highest BCUT2D eigenvalue weighted by Crippen LogP contribution is 2.26. The molecule has 0 saturated carbocycles. The summed E-state index contributed by atoms with van der Waals surface area (Å²) >= 11 is 0. The standard InChI is InChI=1S/C25H30N4O3/c30-23-18-28(25(31)29(23)24-8-5-15-32-24)16-19-9-11-20(12-10-19)22-7-4-6-21(26-22)17-27-13-2-1-3-14-27/h4,6-7,9-12,18,24,30H,1-3,5,8,13-17H2. The zero-order chi connectivity index (χ0) is 21.9. The van der Waals surface area contributed by atoms with Crippen LogP contribution in [-0.4, -0.2) is 43.8 Å². The minimum absolute atomic E-state index is 0.0479. The van der Waals surface area contributed by atoms with Gasteiger partial charge in [-0.25, -0.2) is 9.36 Å². The van der Waals surface area contributed by atoms with Crippen LogP contribution in [-0.2, 0) is 17.8 Å². The quantitative estimate of drug-likeness (QED) is 0.640. The second-order valence-corrected chi connectivity index (χ2v) is 8.78. The lowest BCUT2D eigenvalue weighted by molar-refractivity contribution is 0.0479. The normalized spacial score (nSPS) is 19.4. The molecule has 2 aliphatic heterocycles. The summed E-state index contributed by atoms with van der Waals surface area (Å²) in [5, 5.41) is 10.2. The molecule has 0 radical (unpaired) electrons.